The van der Waals surface area contributed by atoms with Crippen molar-refractivity contribution in [1.29, 1.82) is 0 Å². The van der Waals surface area contributed by atoms with Crippen molar-refractivity contribution in [2.24, 2.45) is 0 Å². The largest absolute Gasteiger partial charge is 0.478 e. The van der Waals surface area contributed by atoms with Gasteiger partial charge in [-0.25, -0.2) is 14.2 Å². The molecule has 0 saturated heterocycles. The average molecular weight is 320 g/mol. The van der Waals surface area contributed by atoms with Gasteiger partial charge < -0.3 is 15.4 Å². The number of carboxylic acids is 1. The maximum Gasteiger partial charge on any atom is 0.335 e. The van der Waals surface area contributed by atoms with Gasteiger partial charge in [-0.1, -0.05) is 17.7 Å². The van der Waals surface area contributed by atoms with Crippen LogP contribution in [0.2, 0.25) is 5.02 Å². The quantitative estimate of drug-likeness (QED) is 0.685. The summed E-state index contributed by atoms with van der Waals surface area (Å²) in [5, 5.41) is 12.2. The number of fused-ring (bicyclic) bond motifs is 1. The Bertz CT molecular complexity index is 843. The van der Waals surface area contributed by atoms with E-state index < -0.39 is 11.8 Å². The first-order valence-corrected chi connectivity index (χ1v) is 6.82. The highest BCUT2D eigenvalue weighted by atomic mass is 35.5. The number of carboxylic acid groups (broad SMARTS) is 1. The van der Waals surface area contributed by atoms with Gasteiger partial charge in [0.25, 0.3) is 0 Å². The Morgan fingerprint density at radius 3 is 2.91 bits per heavy atom. The Hall–Kier alpha value is -2.60. The van der Waals surface area contributed by atoms with E-state index in [2.05, 4.69) is 15.3 Å². The highest BCUT2D eigenvalue weighted by molar-refractivity contribution is 6.31. The molecule has 3 rings (SSSR count). The lowest BCUT2D eigenvalue weighted by molar-refractivity contribution is 0.0697. The molecule has 7 heteroatoms. The minimum atomic E-state index is -1.01. The van der Waals surface area contributed by atoms with Gasteiger partial charge in [0.2, 0.25) is 5.95 Å². The summed E-state index contributed by atoms with van der Waals surface area (Å²) in [7, 11) is 0. The molecule has 0 fully saturated rings. The van der Waals surface area contributed by atoms with E-state index in [0.29, 0.717) is 27.6 Å². The molecule has 3 N–H and O–H groups in total. The number of hydrogen-bond donors (Lipinski definition) is 3. The van der Waals surface area contributed by atoms with Crippen LogP contribution < -0.4 is 5.32 Å². The molecule has 0 amide bonds. The van der Waals surface area contributed by atoms with Crippen molar-refractivity contribution in [3.8, 4) is 0 Å². The molecule has 0 radical (unpaired) electrons. The molecular weight excluding hydrogens is 309 g/mol. The van der Waals surface area contributed by atoms with Crippen LogP contribution in [0.25, 0.3) is 11.0 Å². The molecule has 2 aromatic carbocycles. The van der Waals surface area contributed by atoms with Crippen molar-refractivity contribution in [3.05, 3.63) is 58.4 Å². The third-order valence-corrected chi connectivity index (χ3v) is 3.58. The van der Waals surface area contributed by atoms with E-state index in [1.807, 2.05) is 0 Å². The smallest absolute Gasteiger partial charge is 0.335 e. The number of nitrogens with zero attached hydrogens (tertiary/aromatic N) is 1. The number of aromatic amines is 1. The average Bonchev–Trinajstić information content (AvgIpc) is 2.88. The Morgan fingerprint density at radius 2 is 2.18 bits per heavy atom. The van der Waals surface area contributed by atoms with Gasteiger partial charge in [-0.2, -0.15) is 0 Å². The van der Waals surface area contributed by atoms with Gasteiger partial charge >= 0.3 is 5.97 Å². The Morgan fingerprint density at radius 1 is 1.36 bits per heavy atom. The van der Waals surface area contributed by atoms with E-state index in [1.165, 1.54) is 24.3 Å². The van der Waals surface area contributed by atoms with Crippen LogP contribution >= 0.6 is 11.6 Å². The predicted octanol–water partition coefficient (Wildman–Crippen LogP) is 3.67. The molecule has 0 atom stereocenters. The van der Waals surface area contributed by atoms with Gasteiger partial charge in [-0.15, -0.1) is 0 Å². The second-order valence-corrected chi connectivity index (χ2v) is 5.08. The van der Waals surface area contributed by atoms with E-state index in [9.17, 15) is 9.18 Å². The van der Waals surface area contributed by atoms with Crippen LogP contribution in [-0.4, -0.2) is 21.0 Å². The number of aromatic carboxylic acids is 1. The molecule has 1 heterocycles. The number of H-pyrrole nitrogens is 1. The first-order valence-electron chi connectivity index (χ1n) is 6.44. The van der Waals surface area contributed by atoms with Gasteiger partial charge in [-0.3, -0.25) is 0 Å². The summed E-state index contributed by atoms with van der Waals surface area (Å²) in [6, 6.07) is 9.06. The van der Waals surface area contributed by atoms with Crippen LogP contribution in [0.1, 0.15) is 15.9 Å². The van der Waals surface area contributed by atoms with Crippen molar-refractivity contribution in [1.82, 2.24) is 9.97 Å². The fraction of sp³-hybridized carbons (Fsp3) is 0.0667. The normalized spacial score (nSPS) is 10.8. The van der Waals surface area contributed by atoms with Crippen LogP contribution in [0.15, 0.2) is 36.4 Å². The summed E-state index contributed by atoms with van der Waals surface area (Å²) in [4.78, 5) is 18.1. The summed E-state index contributed by atoms with van der Waals surface area (Å²) in [6.45, 7) is 0.164. The molecule has 5 nitrogen and oxygen atoms in total. The zero-order valence-electron chi connectivity index (χ0n) is 11.2. The fourth-order valence-electron chi connectivity index (χ4n) is 2.10. The van der Waals surface area contributed by atoms with Crippen molar-refractivity contribution in [3.63, 3.8) is 0 Å². The van der Waals surface area contributed by atoms with Crippen LogP contribution in [0.4, 0.5) is 10.3 Å². The van der Waals surface area contributed by atoms with E-state index in [1.54, 1.807) is 12.1 Å². The standard InChI is InChI=1S/C15H11ClFN3O2/c16-10-2-1-3-11(17)9(10)7-18-15-19-12-5-4-8(14(21)22)6-13(12)20-15/h1-6H,7H2,(H,21,22)(H2,18,19,20). The molecule has 0 aliphatic rings. The number of hydrogen-bond acceptors (Lipinski definition) is 3. The molecule has 0 bridgehead atoms. The summed E-state index contributed by atoms with van der Waals surface area (Å²) in [6.07, 6.45) is 0. The molecular formula is C15H11ClFN3O2. The molecule has 0 aliphatic heterocycles. The van der Waals surface area contributed by atoms with Crippen LogP contribution in [0.5, 0.6) is 0 Å². The van der Waals surface area contributed by atoms with Crippen molar-refractivity contribution in [2.75, 3.05) is 5.32 Å². The molecule has 1 aromatic heterocycles. The minimum Gasteiger partial charge on any atom is -0.478 e. The second kappa shape index (κ2) is 5.65. The molecule has 0 spiro atoms. The number of imidazole rings is 1. The Balaban J connectivity index is 1.84. The van der Waals surface area contributed by atoms with E-state index in [0.717, 1.165) is 0 Å². The van der Waals surface area contributed by atoms with E-state index >= 15 is 0 Å². The number of aromatic nitrogens is 2. The highest BCUT2D eigenvalue weighted by Crippen LogP contribution is 2.21. The lowest BCUT2D eigenvalue weighted by Gasteiger charge is -2.06. The summed E-state index contributed by atoms with van der Waals surface area (Å²) in [5.41, 5.74) is 1.71. The third kappa shape index (κ3) is 2.73. The highest BCUT2D eigenvalue weighted by Gasteiger charge is 2.10. The Labute approximate surface area is 129 Å². The number of rotatable bonds is 4. The van der Waals surface area contributed by atoms with Gasteiger partial charge in [0, 0.05) is 17.1 Å². The Kier molecular flexibility index (Phi) is 3.68. The van der Waals surface area contributed by atoms with Crippen molar-refractivity contribution < 1.29 is 14.3 Å². The molecule has 0 saturated carbocycles. The molecule has 0 unspecified atom stereocenters. The lowest BCUT2D eigenvalue weighted by Crippen LogP contribution is -2.03. The van der Waals surface area contributed by atoms with Crippen LogP contribution in [0.3, 0.4) is 0 Å². The lowest BCUT2D eigenvalue weighted by atomic mass is 10.2. The zero-order valence-corrected chi connectivity index (χ0v) is 12.0. The number of halogens is 2. The number of nitrogens with one attached hydrogen (secondary N) is 2. The van der Waals surface area contributed by atoms with E-state index in [4.69, 9.17) is 16.7 Å². The summed E-state index contributed by atoms with van der Waals surface area (Å²) < 4.78 is 13.7. The molecule has 22 heavy (non-hydrogen) atoms. The number of carbonyl (C=O) groups is 1. The van der Waals surface area contributed by atoms with Crippen molar-refractivity contribution in [2.45, 2.75) is 6.54 Å². The first-order chi connectivity index (χ1) is 10.5. The van der Waals surface area contributed by atoms with Gasteiger partial charge in [0.05, 0.1) is 16.6 Å². The number of benzene rings is 2. The van der Waals surface area contributed by atoms with Crippen LogP contribution in [-0.2, 0) is 6.54 Å². The monoisotopic (exact) mass is 319 g/mol. The zero-order chi connectivity index (χ0) is 15.7. The van der Waals surface area contributed by atoms with Gasteiger partial charge in [0.1, 0.15) is 5.82 Å². The fourth-order valence-corrected chi connectivity index (χ4v) is 2.33. The summed E-state index contributed by atoms with van der Waals surface area (Å²) in [5.74, 6) is -0.995. The predicted molar refractivity (Wildman–Crippen MR) is 81.8 cm³/mol. The van der Waals surface area contributed by atoms with Gasteiger partial charge in [0.15, 0.2) is 0 Å². The third-order valence-electron chi connectivity index (χ3n) is 3.22. The maximum atomic E-state index is 13.7. The maximum absolute atomic E-state index is 13.7. The molecule has 112 valence electrons. The van der Waals surface area contributed by atoms with Crippen molar-refractivity contribution >= 4 is 34.6 Å². The molecule has 0 aliphatic carbocycles. The van der Waals surface area contributed by atoms with Gasteiger partial charge in [-0.05, 0) is 30.3 Å². The molecule has 3 aromatic rings. The number of anilines is 1. The second-order valence-electron chi connectivity index (χ2n) is 4.68. The minimum absolute atomic E-state index is 0.164. The SMILES string of the molecule is O=C(O)c1ccc2nc(NCc3c(F)cccc3Cl)[nH]c2c1. The van der Waals surface area contributed by atoms with E-state index in [-0.39, 0.29) is 12.1 Å². The summed E-state index contributed by atoms with van der Waals surface area (Å²) >= 11 is 5.95. The first kappa shape index (κ1) is 14.3. The van der Waals surface area contributed by atoms with Crippen LogP contribution in [0, 0.1) is 5.82 Å². The topological polar surface area (TPSA) is 78.0 Å².